The van der Waals surface area contributed by atoms with Gasteiger partial charge in [-0.15, -0.1) is 11.3 Å². The van der Waals surface area contributed by atoms with Crippen molar-refractivity contribution < 1.29 is 0 Å². The van der Waals surface area contributed by atoms with Crippen LogP contribution in [0.4, 0.5) is 0 Å². The summed E-state index contributed by atoms with van der Waals surface area (Å²) < 4.78 is 1.40. The van der Waals surface area contributed by atoms with Crippen molar-refractivity contribution in [2.75, 3.05) is 6.54 Å². The predicted octanol–water partition coefficient (Wildman–Crippen LogP) is 6.16. The lowest BCUT2D eigenvalue weighted by Gasteiger charge is -2.11. The maximum atomic E-state index is 3.67. The minimum absolute atomic E-state index is 0.470. The molecule has 0 aliphatic rings. The van der Waals surface area contributed by atoms with Gasteiger partial charge in [-0.3, -0.25) is 0 Å². The largest absolute Gasteiger partial charge is 0.309 e. The minimum Gasteiger partial charge on any atom is -0.309 e. The van der Waals surface area contributed by atoms with Gasteiger partial charge in [0.25, 0.3) is 0 Å². The van der Waals surface area contributed by atoms with Gasteiger partial charge >= 0.3 is 0 Å². The summed E-state index contributed by atoms with van der Waals surface area (Å²) in [6.07, 6.45) is 6.82. The fraction of sp³-hybridized carbons (Fsp3) is 0.579. The lowest BCUT2D eigenvalue weighted by molar-refractivity contribution is 0.500. The Balaban J connectivity index is 1.66. The Morgan fingerprint density at radius 1 is 1.00 bits per heavy atom. The van der Waals surface area contributed by atoms with E-state index < -0.39 is 0 Å². The van der Waals surface area contributed by atoms with Gasteiger partial charge in [-0.1, -0.05) is 57.7 Å². The first-order valence-corrected chi connectivity index (χ1v) is 9.20. The van der Waals surface area contributed by atoms with Crippen LogP contribution in [-0.4, -0.2) is 6.54 Å². The summed E-state index contributed by atoms with van der Waals surface area (Å²) in [6.45, 7) is 8.04. The van der Waals surface area contributed by atoms with Crippen LogP contribution in [0, 0.1) is 5.92 Å². The zero-order valence-electron chi connectivity index (χ0n) is 13.7. The van der Waals surface area contributed by atoms with E-state index in [4.69, 9.17) is 0 Å². The van der Waals surface area contributed by atoms with E-state index >= 15 is 0 Å². The van der Waals surface area contributed by atoms with Gasteiger partial charge in [0.15, 0.2) is 0 Å². The fourth-order valence-corrected chi connectivity index (χ4v) is 3.76. The molecule has 2 rings (SSSR count). The molecule has 1 aromatic heterocycles. The number of hydrogen-bond donors (Lipinski definition) is 1. The Bertz CT molecular complexity index is 496. The van der Waals surface area contributed by atoms with Crippen molar-refractivity contribution in [3.05, 3.63) is 35.2 Å². The smallest absolute Gasteiger partial charge is 0.0386 e. The Labute approximate surface area is 133 Å². The summed E-state index contributed by atoms with van der Waals surface area (Å²) in [5.41, 5.74) is 0. The molecule has 0 fully saturated rings. The molecule has 0 aliphatic carbocycles. The second-order valence-corrected chi connectivity index (χ2v) is 7.57. The van der Waals surface area contributed by atoms with Crippen LogP contribution in [0.3, 0.4) is 0 Å². The first kappa shape index (κ1) is 16.5. The summed E-state index contributed by atoms with van der Waals surface area (Å²) in [6, 6.07) is 11.5. The molecule has 0 radical (unpaired) electrons. The molecule has 2 heteroatoms. The molecule has 1 atom stereocenters. The lowest BCUT2D eigenvalue weighted by atomic mass is 10.0. The molecule has 1 N–H and O–H groups in total. The molecule has 0 spiro atoms. The SMILES string of the molecule is CC(C)CCCCCCNC(C)c1cc2ccccc2s1. The molecule has 0 saturated heterocycles. The summed E-state index contributed by atoms with van der Waals surface area (Å²) in [5.74, 6) is 0.858. The van der Waals surface area contributed by atoms with Crippen LogP contribution in [0.15, 0.2) is 30.3 Å². The maximum Gasteiger partial charge on any atom is 0.0386 e. The van der Waals surface area contributed by atoms with Crippen molar-refractivity contribution in [3.63, 3.8) is 0 Å². The topological polar surface area (TPSA) is 12.0 Å². The first-order valence-electron chi connectivity index (χ1n) is 8.38. The molecule has 1 heterocycles. The minimum atomic E-state index is 0.470. The van der Waals surface area contributed by atoms with Gasteiger partial charge in [-0.05, 0) is 43.3 Å². The zero-order chi connectivity index (χ0) is 15.1. The van der Waals surface area contributed by atoms with E-state index in [1.54, 1.807) is 0 Å². The maximum absolute atomic E-state index is 3.67. The van der Waals surface area contributed by atoms with Gasteiger partial charge < -0.3 is 5.32 Å². The molecule has 0 bridgehead atoms. The molecule has 2 aromatic rings. The summed E-state index contributed by atoms with van der Waals surface area (Å²) in [7, 11) is 0. The van der Waals surface area contributed by atoms with Crippen LogP contribution in [0.5, 0.6) is 0 Å². The van der Waals surface area contributed by atoms with Crippen LogP contribution < -0.4 is 5.32 Å². The number of unbranched alkanes of at least 4 members (excludes halogenated alkanes) is 3. The normalized spacial score (nSPS) is 13.1. The van der Waals surface area contributed by atoms with E-state index in [2.05, 4.69) is 56.4 Å². The molecule has 0 saturated carbocycles. The van der Waals surface area contributed by atoms with Crippen LogP contribution >= 0.6 is 11.3 Å². The van der Waals surface area contributed by atoms with Crippen LogP contribution in [0.1, 0.15) is 63.8 Å². The third kappa shape index (κ3) is 5.44. The lowest BCUT2D eigenvalue weighted by Crippen LogP contribution is -2.18. The van der Waals surface area contributed by atoms with Crippen molar-refractivity contribution in [1.29, 1.82) is 0 Å². The molecule has 116 valence electrons. The molecule has 1 nitrogen and oxygen atoms in total. The van der Waals surface area contributed by atoms with E-state index in [1.165, 1.54) is 47.1 Å². The molecular formula is C19H29NS. The average Bonchev–Trinajstić information content (AvgIpc) is 2.89. The molecule has 1 aromatic carbocycles. The summed E-state index contributed by atoms with van der Waals surface area (Å²) in [5, 5.41) is 5.04. The number of hydrogen-bond acceptors (Lipinski definition) is 2. The summed E-state index contributed by atoms with van der Waals surface area (Å²) in [4.78, 5) is 1.45. The van der Waals surface area contributed by atoms with Gasteiger partial charge in [0.2, 0.25) is 0 Å². The highest BCUT2D eigenvalue weighted by Crippen LogP contribution is 2.29. The second kappa shape index (κ2) is 8.55. The van der Waals surface area contributed by atoms with E-state index in [9.17, 15) is 0 Å². The Morgan fingerprint density at radius 2 is 1.76 bits per heavy atom. The highest BCUT2D eigenvalue weighted by atomic mass is 32.1. The van der Waals surface area contributed by atoms with Crippen LogP contribution in [0.25, 0.3) is 10.1 Å². The fourth-order valence-electron chi connectivity index (χ4n) is 2.67. The summed E-state index contributed by atoms with van der Waals surface area (Å²) >= 11 is 1.92. The highest BCUT2D eigenvalue weighted by Gasteiger charge is 2.08. The first-order chi connectivity index (χ1) is 10.2. The molecule has 0 amide bonds. The van der Waals surface area contributed by atoms with Gasteiger partial charge in [-0.25, -0.2) is 0 Å². The van der Waals surface area contributed by atoms with Gasteiger partial charge in [0.1, 0.15) is 0 Å². The predicted molar refractivity (Wildman–Crippen MR) is 96.2 cm³/mol. The molecule has 0 aliphatic heterocycles. The van der Waals surface area contributed by atoms with Gasteiger partial charge in [-0.2, -0.15) is 0 Å². The number of thiophene rings is 1. The van der Waals surface area contributed by atoms with Gasteiger partial charge in [0, 0.05) is 15.6 Å². The van der Waals surface area contributed by atoms with Crippen LogP contribution in [0.2, 0.25) is 0 Å². The highest BCUT2D eigenvalue weighted by molar-refractivity contribution is 7.19. The standard InChI is InChI=1S/C19H29NS/c1-15(2)10-6-4-5-9-13-20-16(3)19-14-17-11-7-8-12-18(17)21-19/h7-8,11-12,14-16,20H,4-6,9-10,13H2,1-3H3. The van der Waals surface area contributed by atoms with E-state index in [0.717, 1.165) is 12.5 Å². The number of benzene rings is 1. The quantitative estimate of drug-likeness (QED) is 0.547. The molecule has 1 unspecified atom stereocenters. The number of fused-ring (bicyclic) bond motifs is 1. The zero-order valence-corrected chi connectivity index (χ0v) is 14.5. The van der Waals surface area contributed by atoms with Crippen molar-refractivity contribution in [2.24, 2.45) is 5.92 Å². The second-order valence-electron chi connectivity index (χ2n) is 6.46. The van der Waals surface area contributed by atoms with Gasteiger partial charge in [0.05, 0.1) is 0 Å². The average molecular weight is 304 g/mol. The Morgan fingerprint density at radius 3 is 2.52 bits per heavy atom. The van der Waals surface area contributed by atoms with Crippen molar-refractivity contribution in [3.8, 4) is 0 Å². The number of nitrogens with one attached hydrogen (secondary N) is 1. The van der Waals surface area contributed by atoms with Crippen molar-refractivity contribution in [2.45, 2.75) is 58.9 Å². The van der Waals surface area contributed by atoms with Crippen molar-refractivity contribution in [1.82, 2.24) is 5.32 Å². The number of rotatable bonds is 9. The monoisotopic (exact) mass is 303 g/mol. The molecular weight excluding hydrogens is 274 g/mol. The Hall–Kier alpha value is -0.860. The van der Waals surface area contributed by atoms with E-state index in [0.29, 0.717) is 6.04 Å². The third-order valence-corrected chi connectivity index (χ3v) is 5.33. The van der Waals surface area contributed by atoms with Crippen molar-refractivity contribution >= 4 is 21.4 Å². The molecule has 21 heavy (non-hydrogen) atoms. The van der Waals surface area contributed by atoms with Crippen LogP contribution in [-0.2, 0) is 0 Å². The third-order valence-electron chi connectivity index (χ3n) is 4.03. The Kier molecular flexibility index (Phi) is 6.72. The van der Waals surface area contributed by atoms with E-state index in [-0.39, 0.29) is 0 Å². The van der Waals surface area contributed by atoms with E-state index in [1.807, 2.05) is 11.3 Å².